The van der Waals surface area contributed by atoms with Crippen LogP contribution in [0.2, 0.25) is 0 Å². The first-order valence-electron chi connectivity index (χ1n) is 6.33. The first-order chi connectivity index (χ1) is 7.22. The fourth-order valence-corrected chi connectivity index (χ4v) is 2.18. The van der Waals surface area contributed by atoms with Gasteiger partial charge in [0.15, 0.2) is 0 Å². The summed E-state index contributed by atoms with van der Waals surface area (Å²) in [5.74, 6) is 0. The normalized spacial score (nSPS) is 21.8. The Kier molecular flexibility index (Phi) is 6.22. The van der Waals surface area contributed by atoms with E-state index in [0.717, 1.165) is 6.04 Å². The molecule has 0 aliphatic carbocycles. The van der Waals surface area contributed by atoms with Crippen LogP contribution in [0.3, 0.4) is 0 Å². The van der Waals surface area contributed by atoms with Crippen LogP contribution in [0.25, 0.3) is 0 Å². The monoisotopic (exact) mass is 213 g/mol. The Bertz CT molecular complexity index is 153. The van der Waals surface area contributed by atoms with Crippen LogP contribution in [0.15, 0.2) is 0 Å². The molecule has 90 valence electrons. The topological polar surface area (TPSA) is 18.5 Å². The van der Waals surface area contributed by atoms with Gasteiger partial charge in [-0.2, -0.15) is 0 Å². The Morgan fingerprint density at radius 1 is 1.20 bits per heavy atom. The average Bonchev–Trinajstić information content (AvgIpc) is 2.67. The SMILES string of the molecule is CCCN(CCN(C)C)C[C@H]1CCCN1. The van der Waals surface area contributed by atoms with Gasteiger partial charge in [-0.3, -0.25) is 0 Å². The van der Waals surface area contributed by atoms with Gasteiger partial charge in [-0.1, -0.05) is 6.92 Å². The summed E-state index contributed by atoms with van der Waals surface area (Å²) < 4.78 is 0. The van der Waals surface area contributed by atoms with Crippen molar-refractivity contribution in [2.24, 2.45) is 0 Å². The Labute approximate surface area is 94.8 Å². The Morgan fingerprint density at radius 3 is 2.53 bits per heavy atom. The molecule has 0 aromatic rings. The molecule has 15 heavy (non-hydrogen) atoms. The minimum absolute atomic E-state index is 0.749. The van der Waals surface area contributed by atoms with E-state index in [4.69, 9.17) is 0 Å². The van der Waals surface area contributed by atoms with Crippen molar-refractivity contribution in [3.8, 4) is 0 Å². The van der Waals surface area contributed by atoms with Gasteiger partial charge < -0.3 is 15.1 Å². The van der Waals surface area contributed by atoms with E-state index in [-0.39, 0.29) is 0 Å². The highest BCUT2D eigenvalue weighted by Crippen LogP contribution is 2.07. The third-order valence-electron chi connectivity index (χ3n) is 3.04. The number of hydrogen-bond acceptors (Lipinski definition) is 3. The van der Waals surface area contributed by atoms with E-state index in [1.807, 2.05) is 0 Å². The van der Waals surface area contributed by atoms with Crippen molar-refractivity contribution < 1.29 is 0 Å². The molecule has 1 fully saturated rings. The van der Waals surface area contributed by atoms with Crippen LogP contribution < -0.4 is 5.32 Å². The lowest BCUT2D eigenvalue weighted by molar-refractivity contribution is 0.223. The number of nitrogens with one attached hydrogen (secondary N) is 1. The maximum absolute atomic E-state index is 3.58. The molecule has 1 N–H and O–H groups in total. The van der Waals surface area contributed by atoms with Crippen molar-refractivity contribution in [1.29, 1.82) is 0 Å². The lowest BCUT2D eigenvalue weighted by atomic mass is 10.2. The molecule has 0 aromatic carbocycles. The van der Waals surface area contributed by atoms with Gasteiger partial charge in [0.2, 0.25) is 0 Å². The van der Waals surface area contributed by atoms with Crippen molar-refractivity contribution >= 4 is 0 Å². The third-order valence-corrected chi connectivity index (χ3v) is 3.04. The van der Waals surface area contributed by atoms with Crippen molar-refractivity contribution in [2.45, 2.75) is 32.2 Å². The summed E-state index contributed by atoms with van der Waals surface area (Å²) in [4.78, 5) is 4.87. The molecule has 1 atom stereocenters. The van der Waals surface area contributed by atoms with Crippen LogP contribution in [0.4, 0.5) is 0 Å². The van der Waals surface area contributed by atoms with Gasteiger partial charge in [-0.25, -0.2) is 0 Å². The molecule has 3 nitrogen and oxygen atoms in total. The fraction of sp³-hybridized carbons (Fsp3) is 1.00. The smallest absolute Gasteiger partial charge is 0.0195 e. The second-order valence-electron chi connectivity index (χ2n) is 4.90. The van der Waals surface area contributed by atoms with E-state index in [0.29, 0.717) is 0 Å². The molecule has 0 radical (unpaired) electrons. The quantitative estimate of drug-likeness (QED) is 0.681. The number of nitrogens with zero attached hydrogens (tertiary/aromatic N) is 2. The molecular formula is C12H27N3. The first-order valence-corrected chi connectivity index (χ1v) is 6.33. The summed E-state index contributed by atoms with van der Waals surface area (Å²) >= 11 is 0. The van der Waals surface area contributed by atoms with Gasteiger partial charge in [-0.05, 0) is 46.4 Å². The van der Waals surface area contributed by atoms with Crippen molar-refractivity contribution in [3.05, 3.63) is 0 Å². The van der Waals surface area contributed by atoms with Crippen molar-refractivity contribution in [1.82, 2.24) is 15.1 Å². The first kappa shape index (κ1) is 12.9. The highest BCUT2D eigenvalue weighted by Gasteiger charge is 2.17. The molecule has 1 rings (SSSR count). The minimum atomic E-state index is 0.749. The Balaban J connectivity index is 2.22. The second-order valence-corrected chi connectivity index (χ2v) is 4.90. The minimum Gasteiger partial charge on any atom is -0.313 e. The third kappa shape index (κ3) is 5.50. The number of likely N-dealkylation sites (N-methyl/N-ethyl adjacent to an activating group) is 1. The molecule has 1 heterocycles. The van der Waals surface area contributed by atoms with E-state index < -0.39 is 0 Å². The average molecular weight is 213 g/mol. The van der Waals surface area contributed by atoms with Gasteiger partial charge >= 0.3 is 0 Å². The van der Waals surface area contributed by atoms with Gasteiger partial charge in [-0.15, -0.1) is 0 Å². The highest BCUT2D eigenvalue weighted by molar-refractivity contribution is 4.78. The van der Waals surface area contributed by atoms with Crippen molar-refractivity contribution in [3.63, 3.8) is 0 Å². The predicted molar refractivity (Wildman–Crippen MR) is 66.3 cm³/mol. The molecule has 0 unspecified atom stereocenters. The number of rotatable bonds is 7. The Hall–Kier alpha value is -0.120. The molecule has 1 aliphatic rings. The summed E-state index contributed by atoms with van der Waals surface area (Å²) in [7, 11) is 4.30. The summed E-state index contributed by atoms with van der Waals surface area (Å²) in [5, 5.41) is 3.58. The summed E-state index contributed by atoms with van der Waals surface area (Å²) in [5.41, 5.74) is 0. The van der Waals surface area contributed by atoms with E-state index in [9.17, 15) is 0 Å². The van der Waals surface area contributed by atoms with Gasteiger partial charge in [0, 0.05) is 25.7 Å². The van der Waals surface area contributed by atoms with E-state index >= 15 is 0 Å². The van der Waals surface area contributed by atoms with Crippen molar-refractivity contribution in [2.75, 3.05) is 46.8 Å². The maximum Gasteiger partial charge on any atom is 0.0195 e. The van der Waals surface area contributed by atoms with Crippen LogP contribution in [-0.4, -0.2) is 62.7 Å². The Morgan fingerprint density at radius 2 is 2.00 bits per heavy atom. The molecular weight excluding hydrogens is 186 g/mol. The van der Waals surface area contributed by atoms with E-state index in [1.54, 1.807) is 0 Å². The molecule has 1 aliphatic heterocycles. The van der Waals surface area contributed by atoms with Gasteiger partial charge in [0.25, 0.3) is 0 Å². The second kappa shape index (κ2) is 7.20. The molecule has 0 amide bonds. The molecule has 0 saturated carbocycles. The molecule has 0 spiro atoms. The summed E-state index contributed by atoms with van der Waals surface area (Å²) in [6.07, 6.45) is 3.99. The summed E-state index contributed by atoms with van der Waals surface area (Å²) in [6, 6.07) is 0.749. The molecule has 0 bridgehead atoms. The van der Waals surface area contributed by atoms with Gasteiger partial charge in [0.1, 0.15) is 0 Å². The number of hydrogen-bond donors (Lipinski definition) is 1. The lowest BCUT2D eigenvalue weighted by Gasteiger charge is -2.26. The molecule has 1 saturated heterocycles. The predicted octanol–water partition coefficient (Wildman–Crippen LogP) is 1.01. The maximum atomic E-state index is 3.58. The zero-order valence-corrected chi connectivity index (χ0v) is 10.6. The van der Waals surface area contributed by atoms with Crippen LogP contribution >= 0.6 is 0 Å². The summed E-state index contributed by atoms with van der Waals surface area (Å²) in [6.45, 7) is 8.35. The fourth-order valence-electron chi connectivity index (χ4n) is 2.18. The largest absolute Gasteiger partial charge is 0.313 e. The molecule has 0 aromatic heterocycles. The zero-order chi connectivity index (χ0) is 11.1. The van der Waals surface area contributed by atoms with E-state index in [1.165, 1.54) is 52.0 Å². The zero-order valence-electron chi connectivity index (χ0n) is 10.6. The van der Waals surface area contributed by atoms with Crippen LogP contribution in [0.5, 0.6) is 0 Å². The standard InChI is InChI=1S/C12H27N3/c1-4-8-15(10-9-14(2)3)11-12-6-5-7-13-12/h12-13H,4-11H2,1-3H3/t12-/m1/s1. The van der Waals surface area contributed by atoms with Crippen LogP contribution in [0.1, 0.15) is 26.2 Å². The van der Waals surface area contributed by atoms with Crippen LogP contribution in [-0.2, 0) is 0 Å². The van der Waals surface area contributed by atoms with E-state index in [2.05, 4.69) is 36.1 Å². The van der Waals surface area contributed by atoms with Crippen LogP contribution in [0, 0.1) is 0 Å². The van der Waals surface area contributed by atoms with Gasteiger partial charge in [0.05, 0.1) is 0 Å². The molecule has 3 heteroatoms. The lowest BCUT2D eigenvalue weighted by Crippen LogP contribution is -2.40. The highest BCUT2D eigenvalue weighted by atomic mass is 15.2.